The number of hydrogen-bond donors (Lipinski definition) is 1. The van der Waals surface area contributed by atoms with E-state index in [-0.39, 0.29) is 0 Å². The minimum absolute atomic E-state index is 0.607. The first-order valence-electron chi connectivity index (χ1n) is 5.25. The lowest BCUT2D eigenvalue weighted by Crippen LogP contribution is -1.94. The van der Waals surface area contributed by atoms with Crippen molar-refractivity contribution in [1.29, 1.82) is 0 Å². The van der Waals surface area contributed by atoms with Crippen LogP contribution in [0, 0.1) is 6.92 Å². The number of nitrogens with two attached hydrogens (primary N) is 1. The van der Waals surface area contributed by atoms with Crippen LogP contribution in [0.25, 0.3) is 16.2 Å². The number of benzene rings is 1. The van der Waals surface area contributed by atoms with Crippen molar-refractivity contribution in [3.8, 4) is 11.3 Å². The van der Waals surface area contributed by atoms with Gasteiger partial charge in [0.15, 0.2) is 4.96 Å². The smallest absolute Gasteiger partial charge is 0.196 e. The van der Waals surface area contributed by atoms with Crippen LogP contribution in [-0.4, -0.2) is 9.38 Å². The number of fused-ring (bicyclic) bond motifs is 1. The maximum absolute atomic E-state index is 6.26. The Balaban J connectivity index is 2.36. The van der Waals surface area contributed by atoms with Gasteiger partial charge in [0, 0.05) is 15.5 Å². The lowest BCUT2D eigenvalue weighted by molar-refractivity contribution is 1.23. The number of halogens is 2. The highest BCUT2D eigenvalue weighted by Crippen LogP contribution is 2.37. The molecule has 6 heteroatoms. The summed E-state index contributed by atoms with van der Waals surface area (Å²) in [6.07, 6.45) is 1.65. The molecule has 3 nitrogen and oxygen atoms in total. The van der Waals surface area contributed by atoms with E-state index in [1.54, 1.807) is 23.6 Å². The van der Waals surface area contributed by atoms with Crippen molar-refractivity contribution in [1.82, 2.24) is 9.38 Å². The summed E-state index contributed by atoms with van der Waals surface area (Å²) in [5.74, 6) is 0.607. The molecule has 0 radical (unpaired) electrons. The van der Waals surface area contributed by atoms with E-state index in [0.29, 0.717) is 15.9 Å². The predicted molar refractivity (Wildman–Crippen MR) is 77.7 cm³/mol. The molecule has 2 heterocycles. The van der Waals surface area contributed by atoms with Crippen molar-refractivity contribution in [2.75, 3.05) is 5.73 Å². The Hall–Kier alpha value is -1.23. The van der Waals surface area contributed by atoms with Gasteiger partial charge in [-0.3, -0.25) is 4.40 Å². The van der Waals surface area contributed by atoms with E-state index in [0.717, 1.165) is 21.1 Å². The number of thiazole rings is 1. The summed E-state index contributed by atoms with van der Waals surface area (Å²) >= 11 is 13.8. The first-order chi connectivity index (χ1) is 8.58. The number of hydrogen-bond acceptors (Lipinski definition) is 3. The van der Waals surface area contributed by atoms with Gasteiger partial charge >= 0.3 is 0 Å². The van der Waals surface area contributed by atoms with Crippen LogP contribution in [0.3, 0.4) is 0 Å². The van der Waals surface area contributed by atoms with Gasteiger partial charge in [-0.2, -0.15) is 0 Å². The summed E-state index contributed by atoms with van der Waals surface area (Å²) < 4.78 is 1.91. The molecule has 0 saturated heterocycles. The van der Waals surface area contributed by atoms with Crippen LogP contribution in [0.4, 0.5) is 5.82 Å². The molecule has 2 N–H and O–H groups in total. The quantitative estimate of drug-likeness (QED) is 0.729. The van der Waals surface area contributed by atoms with Gasteiger partial charge in [-0.1, -0.05) is 23.2 Å². The molecule has 0 aliphatic carbocycles. The van der Waals surface area contributed by atoms with Crippen molar-refractivity contribution in [2.45, 2.75) is 6.92 Å². The Bertz CT molecular complexity index is 745. The summed E-state index contributed by atoms with van der Waals surface area (Å²) in [5.41, 5.74) is 7.84. The van der Waals surface area contributed by atoms with Gasteiger partial charge in [0.1, 0.15) is 5.82 Å². The van der Waals surface area contributed by atoms with Crippen LogP contribution in [0.5, 0.6) is 0 Å². The highest BCUT2D eigenvalue weighted by Gasteiger charge is 2.16. The number of aryl methyl sites for hydroxylation is 1. The highest BCUT2D eigenvalue weighted by atomic mass is 35.5. The monoisotopic (exact) mass is 297 g/mol. The van der Waals surface area contributed by atoms with Crippen molar-refractivity contribution >= 4 is 45.3 Å². The Morgan fingerprint density at radius 2 is 2.11 bits per heavy atom. The zero-order valence-corrected chi connectivity index (χ0v) is 11.8. The van der Waals surface area contributed by atoms with Crippen LogP contribution in [0.2, 0.25) is 10.0 Å². The third-order valence-electron chi connectivity index (χ3n) is 2.74. The number of rotatable bonds is 1. The van der Waals surface area contributed by atoms with Crippen LogP contribution in [0.15, 0.2) is 24.4 Å². The summed E-state index contributed by atoms with van der Waals surface area (Å²) in [4.78, 5) is 6.25. The molecule has 3 aromatic rings. The molecule has 0 aliphatic rings. The van der Waals surface area contributed by atoms with E-state index < -0.39 is 0 Å². The summed E-state index contributed by atoms with van der Waals surface area (Å²) in [6.45, 7) is 2.03. The first kappa shape index (κ1) is 11.8. The van der Waals surface area contributed by atoms with E-state index in [2.05, 4.69) is 4.98 Å². The van der Waals surface area contributed by atoms with Crippen molar-refractivity contribution in [2.24, 2.45) is 0 Å². The fraction of sp³-hybridized carbons (Fsp3) is 0.0833. The van der Waals surface area contributed by atoms with Crippen LogP contribution in [0.1, 0.15) is 4.88 Å². The molecule has 0 spiro atoms. The summed E-state index contributed by atoms with van der Waals surface area (Å²) in [7, 11) is 0. The van der Waals surface area contributed by atoms with Gasteiger partial charge in [0.05, 0.1) is 16.9 Å². The Kier molecular flexibility index (Phi) is 2.73. The van der Waals surface area contributed by atoms with Crippen molar-refractivity contribution < 1.29 is 0 Å². The molecule has 1 aromatic carbocycles. The minimum atomic E-state index is 0.607. The zero-order chi connectivity index (χ0) is 12.9. The topological polar surface area (TPSA) is 43.3 Å². The molecular weight excluding hydrogens is 289 g/mol. The number of nitrogen functional groups attached to an aromatic ring is 1. The SMILES string of the molecule is Cc1sc2ncc(N)n2c1-c1ccc(Cl)cc1Cl. The second kappa shape index (κ2) is 4.16. The Labute approximate surface area is 118 Å². The fourth-order valence-electron chi connectivity index (χ4n) is 1.98. The van der Waals surface area contributed by atoms with Crippen LogP contribution < -0.4 is 5.73 Å². The van der Waals surface area contributed by atoms with E-state index in [9.17, 15) is 0 Å². The Morgan fingerprint density at radius 1 is 1.33 bits per heavy atom. The molecule has 0 atom stereocenters. The zero-order valence-electron chi connectivity index (χ0n) is 9.45. The van der Waals surface area contributed by atoms with Crippen molar-refractivity contribution in [3.63, 3.8) is 0 Å². The average Bonchev–Trinajstić information content (AvgIpc) is 2.80. The van der Waals surface area contributed by atoms with Gasteiger partial charge in [0.25, 0.3) is 0 Å². The molecule has 0 unspecified atom stereocenters. The minimum Gasteiger partial charge on any atom is -0.383 e. The molecule has 0 amide bonds. The molecule has 0 bridgehead atoms. The molecule has 92 valence electrons. The number of anilines is 1. The molecule has 18 heavy (non-hydrogen) atoms. The van der Waals surface area contributed by atoms with Crippen molar-refractivity contribution in [3.05, 3.63) is 39.3 Å². The van der Waals surface area contributed by atoms with Gasteiger partial charge in [-0.05, 0) is 25.1 Å². The largest absolute Gasteiger partial charge is 0.383 e. The summed E-state index contributed by atoms with van der Waals surface area (Å²) in [6, 6.07) is 5.45. The normalized spacial score (nSPS) is 11.3. The Morgan fingerprint density at radius 3 is 2.83 bits per heavy atom. The van der Waals surface area contributed by atoms with Gasteiger partial charge in [-0.25, -0.2) is 4.98 Å². The van der Waals surface area contributed by atoms with E-state index >= 15 is 0 Å². The third kappa shape index (κ3) is 1.68. The number of imidazole rings is 1. The maximum Gasteiger partial charge on any atom is 0.196 e. The number of aromatic nitrogens is 2. The molecule has 0 aliphatic heterocycles. The lowest BCUT2D eigenvalue weighted by Gasteiger charge is -2.06. The second-order valence-corrected chi connectivity index (χ2v) is 5.96. The predicted octanol–water partition coefficient (Wildman–Crippen LogP) is 4.26. The van der Waals surface area contributed by atoms with Gasteiger partial charge < -0.3 is 5.73 Å². The maximum atomic E-state index is 6.26. The molecular formula is C12H9Cl2N3S. The van der Waals surface area contributed by atoms with E-state index in [1.807, 2.05) is 23.5 Å². The first-order valence-corrected chi connectivity index (χ1v) is 6.83. The third-order valence-corrected chi connectivity index (χ3v) is 4.26. The number of nitrogens with zero attached hydrogens (tertiary/aromatic N) is 2. The summed E-state index contributed by atoms with van der Waals surface area (Å²) in [5, 5.41) is 1.23. The standard InChI is InChI=1S/C12H9Cl2N3S/c1-6-11(8-3-2-7(13)4-9(8)14)17-10(15)5-16-12(17)18-6/h2-5H,15H2,1H3. The highest BCUT2D eigenvalue weighted by molar-refractivity contribution is 7.17. The second-order valence-electron chi connectivity index (χ2n) is 3.93. The van der Waals surface area contributed by atoms with Crippen LogP contribution in [-0.2, 0) is 0 Å². The van der Waals surface area contributed by atoms with E-state index in [4.69, 9.17) is 28.9 Å². The van der Waals surface area contributed by atoms with Gasteiger partial charge in [-0.15, -0.1) is 11.3 Å². The van der Waals surface area contributed by atoms with E-state index in [1.165, 1.54) is 0 Å². The molecule has 3 rings (SSSR count). The average molecular weight is 298 g/mol. The van der Waals surface area contributed by atoms with Gasteiger partial charge in [0.2, 0.25) is 0 Å². The molecule has 2 aromatic heterocycles. The van der Waals surface area contributed by atoms with Crippen LogP contribution >= 0.6 is 34.5 Å². The molecule has 0 saturated carbocycles. The fourth-order valence-corrected chi connectivity index (χ4v) is 3.44. The molecule has 0 fully saturated rings. The lowest BCUT2D eigenvalue weighted by atomic mass is 10.1.